The predicted octanol–water partition coefficient (Wildman–Crippen LogP) is 3.52. The van der Waals surface area contributed by atoms with Gasteiger partial charge in [0.2, 0.25) is 0 Å². The highest BCUT2D eigenvalue weighted by molar-refractivity contribution is 6.31. The summed E-state index contributed by atoms with van der Waals surface area (Å²) in [6.45, 7) is 4.16. The summed E-state index contributed by atoms with van der Waals surface area (Å²) in [6, 6.07) is 11.8. The van der Waals surface area contributed by atoms with E-state index in [-0.39, 0.29) is 5.82 Å². The molecule has 0 spiro atoms. The van der Waals surface area contributed by atoms with Gasteiger partial charge in [-0.05, 0) is 36.4 Å². The van der Waals surface area contributed by atoms with Gasteiger partial charge in [-0.2, -0.15) is 0 Å². The second-order valence-electron chi connectivity index (χ2n) is 7.04. The first-order valence-corrected chi connectivity index (χ1v) is 9.73. The second-order valence-corrected chi connectivity index (χ2v) is 7.48. The number of hydrogen-bond acceptors (Lipinski definition) is 6. The van der Waals surface area contributed by atoms with Crippen molar-refractivity contribution >= 4 is 28.4 Å². The van der Waals surface area contributed by atoms with Gasteiger partial charge in [0.25, 0.3) is 0 Å². The summed E-state index contributed by atoms with van der Waals surface area (Å²) in [6.07, 6.45) is 1.88. The van der Waals surface area contributed by atoms with Gasteiger partial charge in [0.1, 0.15) is 5.82 Å². The molecule has 0 unspecified atom stereocenters. The molecule has 0 amide bonds. The van der Waals surface area contributed by atoms with Crippen molar-refractivity contribution in [3.8, 4) is 5.69 Å². The quantitative estimate of drug-likeness (QED) is 0.511. The van der Waals surface area contributed by atoms with Gasteiger partial charge in [-0.25, -0.2) is 9.07 Å². The second kappa shape index (κ2) is 7.46. The van der Waals surface area contributed by atoms with Gasteiger partial charge in [0.05, 0.1) is 23.0 Å². The zero-order chi connectivity index (χ0) is 19.8. The monoisotopic (exact) mass is 412 g/mol. The highest BCUT2D eigenvalue weighted by Gasteiger charge is 2.22. The molecule has 5 rings (SSSR count). The molecule has 0 saturated carbocycles. The van der Waals surface area contributed by atoms with Gasteiger partial charge >= 0.3 is 0 Å². The molecule has 3 heterocycles. The molecule has 0 N–H and O–H groups in total. The SMILES string of the molecule is Fc1ccc(-n2cc(CN3CCN(c4noc5cc(Cl)ccc45)CC3)nn2)cc1. The summed E-state index contributed by atoms with van der Waals surface area (Å²) in [5.41, 5.74) is 2.37. The number of rotatable bonds is 4. The minimum absolute atomic E-state index is 0.269. The number of aromatic nitrogens is 4. The molecular formula is C20H18ClFN6O. The molecule has 2 aromatic carbocycles. The number of fused-ring (bicyclic) bond motifs is 1. The van der Waals surface area contributed by atoms with Crippen LogP contribution in [0.15, 0.2) is 53.2 Å². The molecule has 0 radical (unpaired) electrons. The van der Waals surface area contributed by atoms with Crippen LogP contribution < -0.4 is 4.90 Å². The maximum absolute atomic E-state index is 13.1. The van der Waals surface area contributed by atoms with Crippen molar-refractivity contribution in [2.45, 2.75) is 6.54 Å². The molecular weight excluding hydrogens is 395 g/mol. The number of nitrogens with zero attached hydrogens (tertiary/aromatic N) is 6. The molecule has 2 aromatic heterocycles. The first-order valence-electron chi connectivity index (χ1n) is 9.35. The fraction of sp³-hybridized carbons (Fsp3) is 0.250. The van der Waals surface area contributed by atoms with E-state index in [4.69, 9.17) is 16.1 Å². The Labute approximate surface area is 171 Å². The molecule has 0 bridgehead atoms. The predicted molar refractivity (Wildman–Crippen MR) is 108 cm³/mol. The largest absolute Gasteiger partial charge is 0.354 e. The average molecular weight is 413 g/mol. The number of halogens is 2. The summed E-state index contributed by atoms with van der Waals surface area (Å²) in [7, 11) is 0. The van der Waals surface area contributed by atoms with Crippen molar-refractivity contribution in [3.05, 3.63) is 65.2 Å². The van der Waals surface area contributed by atoms with Gasteiger partial charge in [-0.15, -0.1) is 5.10 Å². The highest BCUT2D eigenvalue weighted by Crippen LogP contribution is 2.29. The van der Waals surface area contributed by atoms with E-state index >= 15 is 0 Å². The molecule has 1 saturated heterocycles. The topological polar surface area (TPSA) is 63.2 Å². The Kier molecular flexibility index (Phi) is 4.65. The van der Waals surface area contributed by atoms with Gasteiger partial charge in [-0.1, -0.05) is 22.0 Å². The van der Waals surface area contributed by atoms with Crippen LogP contribution in [-0.2, 0) is 6.54 Å². The van der Waals surface area contributed by atoms with Crippen LogP contribution in [0.4, 0.5) is 10.2 Å². The molecule has 1 aliphatic heterocycles. The van der Waals surface area contributed by atoms with Crippen molar-refractivity contribution in [2.75, 3.05) is 31.1 Å². The van der Waals surface area contributed by atoms with Crippen LogP contribution in [0.1, 0.15) is 5.69 Å². The van der Waals surface area contributed by atoms with Crippen LogP contribution in [-0.4, -0.2) is 51.2 Å². The minimum Gasteiger partial charge on any atom is -0.354 e. The number of benzene rings is 2. The number of anilines is 1. The van der Waals surface area contributed by atoms with Crippen molar-refractivity contribution < 1.29 is 8.91 Å². The van der Waals surface area contributed by atoms with E-state index in [2.05, 4.69) is 25.3 Å². The maximum Gasteiger partial charge on any atom is 0.180 e. The molecule has 9 heteroatoms. The molecule has 29 heavy (non-hydrogen) atoms. The number of hydrogen-bond donors (Lipinski definition) is 0. The third-order valence-electron chi connectivity index (χ3n) is 5.10. The third-order valence-corrected chi connectivity index (χ3v) is 5.34. The Hall–Kier alpha value is -2.97. The summed E-state index contributed by atoms with van der Waals surface area (Å²) in [4.78, 5) is 4.56. The smallest absolute Gasteiger partial charge is 0.180 e. The molecule has 7 nitrogen and oxygen atoms in total. The van der Waals surface area contributed by atoms with E-state index in [9.17, 15) is 4.39 Å². The van der Waals surface area contributed by atoms with Gasteiger partial charge in [0.15, 0.2) is 11.4 Å². The molecule has 1 fully saturated rings. The normalized spacial score (nSPS) is 15.3. The molecule has 0 atom stereocenters. The molecule has 4 aromatic rings. The van der Waals surface area contributed by atoms with Crippen molar-refractivity contribution in [2.24, 2.45) is 0 Å². The van der Waals surface area contributed by atoms with Gasteiger partial charge in [-0.3, -0.25) is 4.90 Å². The Bertz CT molecular complexity index is 1130. The summed E-state index contributed by atoms with van der Waals surface area (Å²) >= 11 is 6.02. The Morgan fingerprint density at radius 2 is 1.83 bits per heavy atom. The summed E-state index contributed by atoms with van der Waals surface area (Å²) in [5.74, 6) is 0.591. The zero-order valence-electron chi connectivity index (χ0n) is 15.5. The first-order chi connectivity index (χ1) is 14.2. The van der Waals surface area contributed by atoms with E-state index in [0.717, 1.165) is 48.8 Å². The highest BCUT2D eigenvalue weighted by atomic mass is 35.5. The lowest BCUT2D eigenvalue weighted by Crippen LogP contribution is -2.46. The standard InChI is InChI=1S/C20H18ClFN6O/c21-14-1-6-18-19(11-14)29-24-20(18)27-9-7-26(8-10-27)12-16-13-28(25-23-16)17-4-2-15(22)3-5-17/h1-6,11,13H,7-10,12H2. The fourth-order valence-corrected chi connectivity index (χ4v) is 3.73. The average Bonchev–Trinajstić information content (AvgIpc) is 3.36. The first kappa shape index (κ1) is 18.1. The van der Waals surface area contributed by atoms with Gasteiger partial charge < -0.3 is 9.42 Å². The van der Waals surface area contributed by atoms with Crippen molar-refractivity contribution in [3.63, 3.8) is 0 Å². The Balaban J connectivity index is 1.23. The van der Waals surface area contributed by atoms with E-state index in [1.54, 1.807) is 22.9 Å². The maximum atomic E-state index is 13.1. The van der Waals surface area contributed by atoms with E-state index < -0.39 is 0 Å². The lowest BCUT2D eigenvalue weighted by molar-refractivity contribution is 0.245. The van der Waals surface area contributed by atoms with Crippen LogP contribution >= 0.6 is 11.6 Å². The lowest BCUT2D eigenvalue weighted by Gasteiger charge is -2.34. The van der Waals surface area contributed by atoms with Crippen LogP contribution in [0.3, 0.4) is 0 Å². The summed E-state index contributed by atoms with van der Waals surface area (Å²) < 4.78 is 20.2. The van der Waals surface area contributed by atoms with Crippen molar-refractivity contribution in [1.82, 2.24) is 25.1 Å². The molecule has 148 valence electrons. The number of piperazine rings is 1. The lowest BCUT2D eigenvalue weighted by atomic mass is 10.2. The van der Waals surface area contributed by atoms with Crippen LogP contribution in [0, 0.1) is 5.82 Å². The van der Waals surface area contributed by atoms with Crippen LogP contribution in [0.2, 0.25) is 5.02 Å². The van der Waals surface area contributed by atoms with Crippen molar-refractivity contribution in [1.29, 1.82) is 0 Å². The van der Waals surface area contributed by atoms with Gasteiger partial charge in [0, 0.05) is 43.8 Å². The Morgan fingerprint density at radius 3 is 2.62 bits per heavy atom. The fourth-order valence-electron chi connectivity index (χ4n) is 3.56. The minimum atomic E-state index is -0.269. The molecule has 0 aliphatic carbocycles. The van der Waals surface area contributed by atoms with E-state index in [0.29, 0.717) is 17.2 Å². The van der Waals surface area contributed by atoms with E-state index in [1.165, 1.54) is 12.1 Å². The zero-order valence-corrected chi connectivity index (χ0v) is 16.3. The van der Waals surface area contributed by atoms with E-state index in [1.807, 2.05) is 18.3 Å². The molecule has 1 aliphatic rings. The Morgan fingerprint density at radius 1 is 1.03 bits per heavy atom. The van der Waals surface area contributed by atoms with Crippen LogP contribution in [0.25, 0.3) is 16.7 Å². The van der Waals surface area contributed by atoms with Crippen LogP contribution in [0.5, 0.6) is 0 Å². The summed E-state index contributed by atoms with van der Waals surface area (Å²) in [5, 5.41) is 14.3. The third kappa shape index (κ3) is 3.68.